The molecule has 2 N–H and O–H groups in total. The minimum atomic E-state index is -3.79. The first-order chi connectivity index (χ1) is 11.9. The van der Waals surface area contributed by atoms with Gasteiger partial charge in [0.15, 0.2) is 21.3 Å². The minimum Gasteiger partial charge on any atom is -0.454 e. The van der Waals surface area contributed by atoms with Crippen LogP contribution in [-0.2, 0) is 9.84 Å². The fraction of sp³-hybridized carbons (Fsp3) is 0.235. The van der Waals surface area contributed by atoms with Crippen LogP contribution in [0, 0.1) is 11.3 Å². The van der Waals surface area contributed by atoms with Crippen LogP contribution >= 0.6 is 11.6 Å². The number of halogens is 1. The van der Waals surface area contributed by atoms with Crippen LogP contribution in [0.4, 0.5) is 0 Å². The van der Waals surface area contributed by atoms with Gasteiger partial charge in [-0.05, 0) is 42.0 Å². The van der Waals surface area contributed by atoms with Crippen LogP contribution in [0.3, 0.4) is 0 Å². The summed E-state index contributed by atoms with van der Waals surface area (Å²) in [6, 6.07) is 12.9. The molecule has 25 heavy (non-hydrogen) atoms. The van der Waals surface area contributed by atoms with Gasteiger partial charge in [-0.25, -0.2) is 8.42 Å². The van der Waals surface area contributed by atoms with Crippen LogP contribution in [0.1, 0.15) is 11.5 Å². The zero-order valence-corrected chi connectivity index (χ0v) is 14.4. The smallest absolute Gasteiger partial charge is 0.231 e. The Labute approximate surface area is 149 Å². The molecule has 0 bridgehead atoms. The molecule has 2 aromatic rings. The fourth-order valence-corrected chi connectivity index (χ4v) is 5.58. The van der Waals surface area contributed by atoms with Gasteiger partial charge in [-0.3, -0.25) is 0 Å². The van der Waals surface area contributed by atoms with Crippen molar-refractivity contribution in [2.45, 2.75) is 21.6 Å². The van der Waals surface area contributed by atoms with Gasteiger partial charge >= 0.3 is 0 Å². The zero-order valence-electron chi connectivity index (χ0n) is 12.8. The Morgan fingerprint density at radius 3 is 2.52 bits per heavy atom. The maximum absolute atomic E-state index is 13.0. The van der Waals surface area contributed by atoms with Gasteiger partial charge in [-0.2, -0.15) is 5.26 Å². The molecule has 1 heterocycles. The molecule has 0 saturated heterocycles. The lowest BCUT2D eigenvalue weighted by atomic mass is 10.1. The van der Waals surface area contributed by atoms with Gasteiger partial charge in [0, 0.05) is 10.9 Å². The molecule has 4 rings (SSSR count). The summed E-state index contributed by atoms with van der Waals surface area (Å²) in [6.45, 7) is 0.113. The molecule has 2 aliphatic rings. The van der Waals surface area contributed by atoms with Crippen molar-refractivity contribution in [1.82, 2.24) is 0 Å². The van der Waals surface area contributed by atoms with Gasteiger partial charge in [0.2, 0.25) is 6.79 Å². The number of benzene rings is 2. The van der Waals surface area contributed by atoms with Gasteiger partial charge in [-0.1, -0.05) is 17.7 Å². The summed E-state index contributed by atoms with van der Waals surface area (Å²) in [5.41, 5.74) is 5.27. The lowest BCUT2D eigenvalue weighted by Gasteiger charge is -2.05. The number of ether oxygens (including phenoxy) is 2. The highest BCUT2D eigenvalue weighted by Crippen LogP contribution is 2.56. The third-order valence-corrected chi connectivity index (χ3v) is 7.12. The van der Waals surface area contributed by atoms with Gasteiger partial charge in [0.25, 0.3) is 0 Å². The number of hydrogen-bond acceptors (Lipinski definition) is 6. The molecule has 1 saturated carbocycles. The first kappa shape index (κ1) is 16.2. The van der Waals surface area contributed by atoms with Gasteiger partial charge in [0.05, 0.1) is 11.0 Å². The predicted molar refractivity (Wildman–Crippen MR) is 90.3 cm³/mol. The van der Waals surface area contributed by atoms with Gasteiger partial charge in [-0.15, -0.1) is 0 Å². The largest absolute Gasteiger partial charge is 0.454 e. The molecule has 0 aromatic heterocycles. The summed E-state index contributed by atoms with van der Waals surface area (Å²) in [6.07, 6.45) is 0. The van der Waals surface area contributed by atoms with E-state index >= 15 is 0 Å². The highest BCUT2D eigenvalue weighted by molar-refractivity contribution is 7.92. The monoisotopic (exact) mass is 376 g/mol. The van der Waals surface area contributed by atoms with E-state index in [2.05, 4.69) is 0 Å². The normalized spacial score (nSPS) is 26.9. The van der Waals surface area contributed by atoms with Gasteiger partial charge in [0.1, 0.15) is 10.8 Å². The Bertz CT molecular complexity index is 1000. The standard InChI is InChI=1S/C17H13ClN2O4S/c18-11-2-4-12(5-3-11)25(21,22)16-15(17(16,20)8-19)10-1-6-13-14(7-10)24-9-23-13/h1-7,15-16H,9,20H2/t15-,16+,17-/m1/s1. The second-order valence-corrected chi connectivity index (χ2v) is 8.56. The van der Waals surface area contributed by atoms with Crippen LogP contribution in [0.2, 0.25) is 5.02 Å². The van der Waals surface area contributed by atoms with Crippen molar-refractivity contribution in [1.29, 1.82) is 5.26 Å². The molecule has 0 radical (unpaired) electrons. The molecule has 128 valence electrons. The van der Waals surface area contributed by atoms with Crippen molar-refractivity contribution in [3.05, 3.63) is 53.1 Å². The molecular formula is C17H13ClN2O4S. The Morgan fingerprint density at radius 2 is 1.84 bits per heavy atom. The summed E-state index contributed by atoms with van der Waals surface area (Å²) in [5.74, 6) is 0.459. The fourth-order valence-electron chi connectivity index (χ4n) is 3.27. The van der Waals surface area contributed by atoms with Crippen LogP contribution < -0.4 is 15.2 Å². The van der Waals surface area contributed by atoms with E-state index in [9.17, 15) is 13.7 Å². The van der Waals surface area contributed by atoms with E-state index in [0.29, 0.717) is 22.1 Å². The number of nitrogens with two attached hydrogens (primary N) is 1. The summed E-state index contributed by atoms with van der Waals surface area (Å²) >= 11 is 5.82. The Hall–Kier alpha value is -2.27. The average molecular weight is 377 g/mol. The molecule has 3 atom stereocenters. The third kappa shape index (κ3) is 2.37. The number of fused-ring (bicyclic) bond motifs is 1. The van der Waals surface area contributed by atoms with Crippen molar-refractivity contribution in [3.8, 4) is 17.6 Å². The van der Waals surface area contributed by atoms with Crippen LogP contribution in [0.5, 0.6) is 11.5 Å². The Kier molecular flexibility index (Phi) is 3.48. The SMILES string of the molecule is N#C[C@@]1(N)[C@H](c2ccc3c(c2)OCO3)[C@@H]1S(=O)(=O)c1ccc(Cl)cc1. The third-order valence-electron chi connectivity index (χ3n) is 4.60. The lowest BCUT2D eigenvalue weighted by Crippen LogP contribution is -2.29. The minimum absolute atomic E-state index is 0.0928. The number of rotatable bonds is 3. The summed E-state index contributed by atoms with van der Waals surface area (Å²) in [4.78, 5) is 0.0928. The highest BCUT2D eigenvalue weighted by atomic mass is 35.5. The molecule has 0 spiro atoms. The maximum Gasteiger partial charge on any atom is 0.231 e. The summed E-state index contributed by atoms with van der Waals surface area (Å²) in [5, 5.41) is 8.89. The molecule has 2 aromatic carbocycles. The van der Waals surface area contributed by atoms with Crippen molar-refractivity contribution >= 4 is 21.4 Å². The number of sulfone groups is 1. The first-order valence-corrected chi connectivity index (χ1v) is 9.39. The van der Waals surface area contributed by atoms with Crippen molar-refractivity contribution in [2.75, 3.05) is 6.79 Å². The number of hydrogen-bond donors (Lipinski definition) is 1. The van der Waals surface area contributed by atoms with E-state index in [1.807, 2.05) is 6.07 Å². The Balaban J connectivity index is 1.75. The topological polar surface area (TPSA) is 102 Å². The zero-order chi connectivity index (χ0) is 17.8. The van der Waals surface area contributed by atoms with E-state index in [1.54, 1.807) is 18.2 Å². The number of nitriles is 1. The first-order valence-electron chi connectivity index (χ1n) is 7.47. The van der Waals surface area contributed by atoms with Crippen molar-refractivity contribution in [2.24, 2.45) is 5.73 Å². The van der Waals surface area contributed by atoms with E-state index in [0.717, 1.165) is 0 Å². The van der Waals surface area contributed by atoms with Crippen molar-refractivity contribution < 1.29 is 17.9 Å². The second kappa shape index (κ2) is 5.36. The molecular weight excluding hydrogens is 364 g/mol. The van der Waals surface area contributed by atoms with E-state index in [4.69, 9.17) is 26.8 Å². The second-order valence-electron chi connectivity index (χ2n) is 6.05. The van der Waals surface area contributed by atoms with E-state index in [1.165, 1.54) is 24.3 Å². The van der Waals surface area contributed by atoms with Gasteiger partial charge < -0.3 is 15.2 Å². The molecule has 1 fully saturated rings. The van der Waals surface area contributed by atoms with Crippen LogP contribution in [0.25, 0.3) is 0 Å². The molecule has 0 amide bonds. The van der Waals surface area contributed by atoms with Crippen LogP contribution in [0.15, 0.2) is 47.4 Å². The number of nitrogens with zero attached hydrogens (tertiary/aromatic N) is 1. The van der Waals surface area contributed by atoms with E-state index < -0.39 is 26.5 Å². The maximum atomic E-state index is 13.0. The summed E-state index contributed by atoms with van der Waals surface area (Å²) in [7, 11) is -3.79. The Morgan fingerprint density at radius 1 is 1.16 bits per heavy atom. The molecule has 1 aliphatic heterocycles. The molecule has 6 nitrogen and oxygen atoms in total. The highest BCUT2D eigenvalue weighted by Gasteiger charge is 2.70. The lowest BCUT2D eigenvalue weighted by molar-refractivity contribution is 0.174. The quantitative estimate of drug-likeness (QED) is 0.881. The summed E-state index contributed by atoms with van der Waals surface area (Å²) < 4.78 is 36.5. The van der Waals surface area contributed by atoms with Crippen LogP contribution in [-0.4, -0.2) is 26.0 Å². The molecule has 8 heteroatoms. The van der Waals surface area contributed by atoms with E-state index in [-0.39, 0.29) is 11.7 Å². The average Bonchev–Trinajstić information content (AvgIpc) is 2.99. The predicted octanol–water partition coefficient (Wildman–Crippen LogP) is 2.23. The molecule has 1 aliphatic carbocycles. The van der Waals surface area contributed by atoms with Crippen molar-refractivity contribution in [3.63, 3.8) is 0 Å². The molecule has 0 unspecified atom stereocenters.